The van der Waals surface area contributed by atoms with Crippen LogP contribution in [-0.2, 0) is 0 Å². The van der Waals surface area contributed by atoms with Gasteiger partial charge in [0, 0.05) is 11.8 Å². The van der Waals surface area contributed by atoms with E-state index in [4.69, 9.17) is 10.5 Å². The standard InChI is InChI=1S/C24H43NO/c1-2-3-4-5-6-7-8-9-10-11-12-13-14-15-16-17-21-26-24-20-18-19-23(25)22-24/h18-20,22H,2-17,21,25H2,1H3. The van der Waals surface area contributed by atoms with Crippen LogP contribution in [0.25, 0.3) is 0 Å². The summed E-state index contributed by atoms with van der Waals surface area (Å²) in [7, 11) is 0. The van der Waals surface area contributed by atoms with Crippen LogP contribution in [0, 0.1) is 0 Å². The van der Waals surface area contributed by atoms with Gasteiger partial charge in [0.2, 0.25) is 0 Å². The Morgan fingerprint density at radius 2 is 1.12 bits per heavy atom. The van der Waals surface area contributed by atoms with Crippen LogP contribution in [0.4, 0.5) is 5.69 Å². The smallest absolute Gasteiger partial charge is 0.121 e. The van der Waals surface area contributed by atoms with E-state index in [-0.39, 0.29) is 0 Å². The number of anilines is 1. The molecule has 1 aromatic carbocycles. The lowest BCUT2D eigenvalue weighted by molar-refractivity contribution is 0.304. The van der Waals surface area contributed by atoms with E-state index in [1.165, 1.54) is 96.3 Å². The summed E-state index contributed by atoms with van der Waals surface area (Å²) in [6, 6.07) is 7.70. The molecule has 2 heteroatoms. The third-order valence-electron chi connectivity index (χ3n) is 5.12. The molecule has 2 N–H and O–H groups in total. The van der Waals surface area contributed by atoms with Gasteiger partial charge in [-0.25, -0.2) is 0 Å². The summed E-state index contributed by atoms with van der Waals surface area (Å²) in [5.41, 5.74) is 6.52. The van der Waals surface area contributed by atoms with Gasteiger partial charge < -0.3 is 10.5 Å². The SMILES string of the molecule is CCCCCCCCCCCCCCCCCCOc1cccc(N)c1. The van der Waals surface area contributed by atoms with E-state index in [1.807, 2.05) is 24.3 Å². The molecule has 0 aliphatic carbocycles. The van der Waals surface area contributed by atoms with Gasteiger partial charge in [-0.2, -0.15) is 0 Å². The van der Waals surface area contributed by atoms with Crippen molar-refractivity contribution in [3.05, 3.63) is 24.3 Å². The molecule has 0 saturated heterocycles. The van der Waals surface area contributed by atoms with E-state index in [2.05, 4.69) is 6.92 Å². The van der Waals surface area contributed by atoms with Gasteiger partial charge in [0.05, 0.1) is 6.61 Å². The molecule has 0 radical (unpaired) electrons. The first-order chi connectivity index (χ1) is 12.8. The summed E-state index contributed by atoms with van der Waals surface area (Å²) < 4.78 is 5.73. The Bertz CT molecular complexity index is 418. The van der Waals surface area contributed by atoms with Crippen molar-refractivity contribution in [3.8, 4) is 5.75 Å². The summed E-state index contributed by atoms with van der Waals surface area (Å²) in [6.45, 7) is 3.10. The van der Waals surface area contributed by atoms with Gasteiger partial charge in [-0.3, -0.25) is 0 Å². The first-order valence-corrected chi connectivity index (χ1v) is 11.3. The first kappa shape index (κ1) is 22.9. The normalized spacial score (nSPS) is 11.0. The zero-order valence-electron chi connectivity index (χ0n) is 17.3. The molecule has 0 spiro atoms. The maximum atomic E-state index is 5.74. The van der Waals surface area contributed by atoms with Gasteiger partial charge in [-0.05, 0) is 18.6 Å². The molecule has 0 aliphatic rings. The molecule has 0 atom stereocenters. The molecule has 1 rings (SSSR count). The molecule has 150 valence electrons. The first-order valence-electron chi connectivity index (χ1n) is 11.3. The second kappa shape index (κ2) is 17.2. The van der Waals surface area contributed by atoms with Gasteiger partial charge in [0.1, 0.15) is 5.75 Å². The molecule has 0 heterocycles. The monoisotopic (exact) mass is 361 g/mol. The minimum atomic E-state index is 0.773. The van der Waals surface area contributed by atoms with E-state index in [0.29, 0.717) is 0 Å². The Morgan fingerprint density at radius 1 is 0.654 bits per heavy atom. The van der Waals surface area contributed by atoms with Crippen LogP contribution < -0.4 is 10.5 Å². The van der Waals surface area contributed by atoms with E-state index < -0.39 is 0 Å². The summed E-state index contributed by atoms with van der Waals surface area (Å²) >= 11 is 0. The fourth-order valence-electron chi connectivity index (χ4n) is 3.44. The zero-order chi connectivity index (χ0) is 18.7. The molecule has 0 aromatic heterocycles. The van der Waals surface area contributed by atoms with Crippen molar-refractivity contribution in [3.63, 3.8) is 0 Å². The lowest BCUT2D eigenvalue weighted by Gasteiger charge is -2.06. The predicted molar refractivity (Wildman–Crippen MR) is 116 cm³/mol. The second-order valence-corrected chi connectivity index (χ2v) is 7.72. The minimum absolute atomic E-state index is 0.773. The Kier molecular flexibility index (Phi) is 15.2. The van der Waals surface area contributed by atoms with Crippen molar-refractivity contribution in [1.29, 1.82) is 0 Å². The van der Waals surface area contributed by atoms with E-state index in [0.717, 1.165) is 24.5 Å². The summed E-state index contributed by atoms with van der Waals surface area (Å²) in [5, 5.41) is 0. The van der Waals surface area contributed by atoms with Crippen LogP contribution in [0.5, 0.6) is 5.75 Å². The summed E-state index contributed by atoms with van der Waals surface area (Å²) in [5.74, 6) is 0.894. The summed E-state index contributed by atoms with van der Waals surface area (Å²) in [4.78, 5) is 0. The van der Waals surface area contributed by atoms with Crippen LogP contribution in [0.2, 0.25) is 0 Å². The average molecular weight is 362 g/mol. The average Bonchev–Trinajstić information content (AvgIpc) is 2.64. The molecule has 0 saturated carbocycles. The van der Waals surface area contributed by atoms with Gasteiger partial charge in [-0.15, -0.1) is 0 Å². The van der Waals surface area contributed by atoms with Crippen molar-refractivity contribution in [2.45, 2.75) is 110 Å². The summed E-state index contributed by atoms with van der Waals surface area (Å²) in [6.07, 6.45) is 22.4. The molecule has 26 heavy (non-hydrogen) atoms. The number of hydrogen-bond acceptors (Lipinski definition) is 2. The fraction of sp³-hybridized carbons (Fsp3) is 0.750. The molecule has 0 unspecified atom stereocenters. The number of hydrogen-bond donors (Lipinski definition) is 1. The van der Waals surface area contributed by atoms with Crippen LogP contribution in [-0.4, -0.2) is 6.61 Å². The van der Waals surface area contributed by atoms with Crippen molar-refractivity contribution >= 4 is 5.69 Å². The Hall–Kier alpha value is -1.18. The van der Waals surface area contributed by atoms with E-state index in [1.54, 1.807) is 0 Å². The Labute approximate surface area is 162 Å². The number of nitrogens with two attached hydrogens (primary N) is 1. The Balaban J connectivity index is 1.73. The van der Waals surface area contributed by atoms with E-state index >= 15 is 0 Å². The van der Waals surface area contributed by atoms with Crippen molar-refractivity contribution in [1.82, 2.24) is 0 Å². The highest BCUT2D eigenvalue weighted by Crippen LogP contribution is 2.16. The van der Waals surface area contributed by atoms with Crippen LogP contribution in [0.3, 0.4) is 0 Å². The molecular weight excluding hydrogens is 318 g/mol. The van der Waals surface area contributed by atoms with Gasteiger partial charge in [0.25, 0.3) is 0 Å². The third kappa shape index (κ3) is 14.0. The highest BCUT2D eigenvalue weighted by atomic mass is 16.5. The number of benzene rings is 1. The highest BCUT2D eigenvalue weighted by molar-refractivity contribution is 5.43. The van der Waals surface area contributed by atoms with Crippen LogP contribution >= 0.6 is 0 Å². The van der Waals surface area contributed by atoms with Gasteiger partial charge in [-0.1, -0.05) is 109 Å². The minimum Gasteiger partial charge on any atom is -0.494 e. The highest BCUT2D eigenvalue weighted by Gasteiger charge is 1.96. The maximum Gasteiger partial charge on any atom is 0.121 e. The maximum absolute atomic E-state index is 5.74. The largest absolute Gasteiger partial charge is 0.494 e. The third-order valence-corrected chi connectivity index (χ3v) is 5.12. The lowest BCUT2D eigenvalue weighted by atomic mass is 10.0. The quantitative estimate of drug-likeness (QED) is 0.213. The molecule has 0 fully saturated rings. The van der Waals surface area contributed by atoms with E-state index in [9.17, 15) is 0 Å². The number of unbranched alkanes of at least 4 members (excludes halogenated alkanes) is 15. The number of rotatable bonds is 18. The molecule has 0 amide bonds. The zero-order valence-corrected chi connectivity index (χ0v) is 17.3. The van der Waals surface area contributed by atoms with Gasteiger partial charge >= 0.3 is 0 Å². The second-order valence-electron chi connectivity index (χ2n) is 7.72. The fourth-order valence-corrected chi connectivity index (χ4v) is 3.44. The molecular formula is C24H43NO. The van der Waals surface area contributed by atoms with Crippen molar-refractivity contribution < 1.29 is 4.74 Å². The molecule has 0 bridgehead atoms. The van der Waals surface area contributed by atoms with Crippen molar-refractivity contribution in [2.24, 2.45) is 0 Å². The Morgan fingerprint density at radius 3 is 1.58 bits per heavy atom. The predicted octanol–water partition coefficient (Wildman–Crippen LogP) is 7.91. The number of ether oxygens (including phenoxy) is 1. The van der Waals surface area contributed by atoms with Crippen LogP contribution in [0.1, 0.15) is 110 Å². The molecule has 0 aliphatic heterocycles. The van der Waals surface area contributed by atoms with Crippen molar-refractivity contribution in [2.75, 3.05) is 12.3 Å². The molecule has 2 nitrogen and oxygen atoms in total. The van der Waals surface area contributed by atoms with Crippen LogP contribution in [0.15, 0.2) is 24.3 Å². The molecule has 1 aromatic rings. The topological polar surface area (TPSA) is 35.2 Å². The number of nitrogen functional groups attached to an aromatic ring is 1. The lowest BCUT2D eigenvalue weighted by Crippen LogP contribution is -1.97. The van der Waals surface area contributed by atoms with Gasteiger partial charge in [0.15, 0.2) is 0 Å².